The highest BCUT2D eigenvalue weighted by atomic mass is 19.3. The molecule has 0 saturated heterocycles. The quantitative estimate of drug-likeness (QED) is 0.663. The van der Waals surface area contributed by atoms with Crippen molar-refractivity contribution in [3.63, 3.8) is 0 Å². The molecule has 0 spiro atoms. The van der Waals surface area contributed by atoms with Crippen LogP contribution in [0.5, 0.6) is 0 Å². The first-order chi connectivity index (χ1) is 14.3. The maximum Gasteiger partial charge on any atom is 0.252 e. The predicted molar refractivity (Wildman–Crippen MR) is 108 cm³/mol. The monoisotopic (exact) mass is 416 g/mol. The minimum Gasteiger partial charge on any atom is -0.364 e. The molecule has 0 atom stereocenters. The van der Waals surface area contributed by atoms with Crippen LogP contribution in [0.3, 0.4) is 0 Å². The lowest BCUT2D eigenvalue weighted by molar-refractivity contribution is -0.0457. The van der Waals surface area contributed by atoms with E-state index in [2.05, 4.69) is 25.7 Å². The van der Waals surface area contributed by atoms with Gasteiger partial charge in [-0.1, -0.05) is 5.21 Å². The number of nitrogens with one attached hydrogen (secondary N) is 1. The summed E-state index contributed by atoms with van der Waals surface area (Å²) in [6.45, 7) is 4.34. The van der Waals surface area contributed by atoms with Crippen molar-refractivity contribution in [1.29, 1.82) is 0 Å². The third-order valence-corrected chi connectivity index (χ3v) is 5.40. The molecule has 3 aromatic rings. The van der Waals surface area contributed by atoms with Crippen molar-refractivity contribution in [3.8, 4) is 5.95 Å². The first kappa shape index (κ1) is 20.4. The molecule has 0 radical (unpaired) electrons. The summed E-state index contributed by atoms with van der Waals surface area (Å²) in [7, 11) is 1.81. The normalized spacial score (nSPS) is 16.7. The van der Waals surface area contributed by atoms with Crippen LogP contribution >= 0.6 is 0 Å². The molecule has 0 aliphatic heterocycles. The number of aromatic nitrogens is 7. The maximum atomic E-state index is 13.5. The van der Waals surface area contributed by atoms with Crippen molar-refractivity contribution in [2.45, 2.75) is 58.4 Å². The molecule has 0 unspecified atom stereocenters. The smallest absolute Gasteiger partial charge is 0.252 e. The Morgan fingerprint density at radius 3 is 2.53 bits per heavy atom. The Balaban J connectivity index is 1.58. The maximum absolute atomic E-state index is 13.5. The number of anilines is 1. The summed E-state index contributed by atoms with van der Waals surface area (Å²) in [4.78, 5) is 9.32. The number of rotatable bonds is 6. The van der Waals surface area contributed by atoms with Gasteiger partial charge in [0, 0.05) is 43.5 Å². The highest BCUT2D eigenvalue weighted by Gasteiger charge is 2.35. The Kier molecular flexibility index (Phi) is 5.48. The predicted octanol–water partition coefficient (Wildman–Crippen LogP) is 3.39. The van der Waals surface area contributed by atoms with Crippen LogP contribution in [0.15, 0.2) is 18.3 Å². The fraction of sp³-hybridized carbons (Fsp3) is 0.550. The number of hydrogen-bond donors (Lipinski definition) is 1. The molecule has 0 bridgehead atoms. The van der Waals surface area contributed by atoms with E-state index in [9.17, 15) is 8.78 Å². The summed E-state index contributed by atoms with van der Waals surface area (Å²) in [5, 5.41) is 15.8. The zero-order chi connectivity index (χ0) is 21.3. The summed E-state index contributed by atoms with van der Waals surface area (Å²) in [6.07, 6.45) is 3.39. The lowest BCUT2D eigenvalue weighted by Crippen LogP contribution is -2.25. The number of alkyl halides is 2. The van der Waals surface area contributed by atoms with Crippen LogP contribution in [0, 0.1) is 19.8 Å². The van der Waals surface area contributed by atoms with E-state index in [-0.39, 0.29) is 18.8 Å². The Labute approximate surface area is 173 Å². The topological polar surface area (TPSA) is 86.3 Å². The van der Waals surface area contributed by atoms with Crippen molar-refractivity contribution in [2.75, 3.05) is 5.32 Å². The van der Waals surface area contributed by atoms with Crippen LogP contribution in [-0.4, -0.2) is 40.7 Å². The van der Waals surface area contributed by atoms with Gasteiger partial charge in [0.05, 0.1) is 12.2 Å². The molecule has 10 heteroatoms. The summed E-state index contributed by atoms with van der Waals surface area (Å²) in [5.74, 6) is -1.21. The van der Waals surface area contributed by atoms with Gasteiger partial charge >= 0.3 is 0 Å². The van der Waals surface area contributed by atoms with Crippen LogP contribution in [-0.2, 0) is 20.0 Å². The average molecular weight is 416 g/mol. The van der Waals surface area contributed by atoms with Crippen LogP contribution in [0.2, 0.25) is 0 Å². The molecule has 0 amide bonds. The van der Waals surface area contributed by atoms with E-state index in [1.54, 1.807) is 9.36 Å². The van der Waals surface area contributed by atoms with Crippen LogP contribution in [0.4, 0.5) is 14.6 Å². The van der Waals surface area contributed by atoms with Crippen LogP contribution in [0.1, 0.15) is 48.5 Å². The summed E-state index contributed by atoms with van der Waals surface area (Å²) in [6, 6.07) is 3.85. The number of nitrogens with zero attached hydrogens (tertiary/aromatic N) is 7. The number of hydrogen-bond acceptors (Lipinski definition) is 6. The van der Waals surface area contributed by atoms with Gasteiger partial charge in [0.1, 0.15) is 11.5 Å². The molecule has 1 fully saturated rings. The summed E-state index contributed by atoms with van der Waals surface area (Å²) in [5.41, 5.74) is 3.43. The molecular weight excluding hydrogens is 390 g/mol. The summed E-state index contributed by atoms with van der Waals surface area (Å²) < 4.78 is 30.4. The lowest BCUT2D eigenvalue weighted by atomic mass is 9.84. The van der Waals surface area contributed by atoms with Crippen molar-refractivity contribution >= 4 is 5.82 Å². The van der Waals surface area contributed by atoms with Crippen molar-refractivity contribution in [2.24, 2.45) is 13.0 Å². The van der Waals surface area contributed by atoms with E-state index in [1.165, 1.54) is 0 Å². The van der Waals surface area contributed by atoms with Crippen LogP contribution in [0.25, 0.3) is 5.95 Å². The third kappa shape index (κ3) is 4.80. The van der Waals surface area contributed by atoms with Gasteiger partial charge in [-0.2, -0.15) is 10.1 Å². The largest absolute Gasteiger partial charge is 0.364 e. The van der Waals surface area contributed by atoms with Crippen molar-refractivity contribution in [3.05, 3.63) is 41.1 Å². The van der Waals surface area contributed by atoms with Crippen molar-refractivity contribution < 1.29 is 8.78 Å². The molecule has 160 valence electrons. The second kappa shape index (κ2) is 8.08. The minimum atomic E-state index is -2.53. The third-order valence-electron chi connectivity index (χ3n) is 5.40. The standard InChI is InChI=1S/C20H26F2N8/c1-13-8-14(2)30(27-13)19-24-16(9-15-4-6-20(21,22)7-5-15)10-18(25-19)23-11-17-12-29(3)28-26-17/h8,10,12,15H,4-7,9,11H2,1-3H3,(H,23,24,25). The van der Waals surface area contributed by atoms with E-state index in [1.807, 2.05) is 39.2 Å². The van der Waals surface area contributed by atoms with Crippen LogP contribution < -0.4 is 5.32 Å². The molecule has 1 aliphatic rings. The first-order valence-corrected chi connectivity index (χ1v) is 10.2. The molecule has 4 rings (SSSR count). The van der Waals surface area contributed by atoms with Gasteiger partial charge in [-0.25, -0.2) is 18.4 Å². The van der Waals surface area contributed by atoms with Gasteiger partial charge < -0.3 is 5.32 Å². The number of aryl methyl sites for hydroxylation is 3. The molecular formula is C20H26F2N8. The van der Waals surface area contributed by atoms with Gasteiger partial charge in [-0.15, -0.1) is 5.10 Å². The fourth-order valence-electron chi connectivity index (χ4n) is 3.86. The SMILES string of the molecule is Cc1cc(C)n(-c2nc(CC3CCC(F)(F)CC3)cc(NCc3cn(C)nn3)n2)n1. The first-order valence-electron chi connectivity index (χ1n) is 10.2. The second-order valence-corrected chi connectivity index (χ2v) is 8.12. The Bertz CT molecular complexity index is 1020. The zero-order valence-electron chi connectivity index (χ0n) is 17.4. The molecule has 1 saturated carbocycles. The highest BCUT2D eigenvalue weighted by Crippen LogP contribution is 2.37. The lowest BCUT2D eigenvalue weighted by Gasteiger charge is -2.28. The minimum absolute atomic E-state index is 0.0507. The van der Waals surface area contributed by atoms with Crippen molar-refractivity contribution in [1.82, 2.24) is 34.7 Å². The van der Waals surface area contributed by atoms with Gasteiger partial charge in [0.2, 0.25) is 5.92 Å². The van der Waals surface area contributed by atoms with E-state index >= 15 is 0 Å². The molecule has 30 heavy (non-hydrogen) atoms. The van der Waals surface area contributed by atoms with Gasteiger partial charge in [-0.3, -0.25) is 4.68 Å². The molecule has 1 aliphatic carbocycles. The fourth-order valence-corrected chi connectivity index (χ4v) is 3.86. The van der Waals surface area contributed by atoms with Gasteiger partial charge in [0.25, 0.3) is 5.95 Å². The number of halogens is 2. The van der Waals surface area contributed by atoms with E-state index in [4.69, 9.17) is 4.98 Å². The molecule has 3 heterocycles. The second-order valence-electron chi connectivity index (χ2n) is 8.12. The van der Waals surface area contributed by atoms with E-state index in [0.717, 1.165) is 22.8 Å². The molecule has 3 aromatic heterocycles. The molecule has 1 N–H and O–H groups in total. The van der Waals surface area contributed by atoms with Gasteiger partial charge in [-0.05, 0) is 45.1 Å². The van der Waals surface area contributed by atoms with Gasteiger partial charge in [0.15, 0.2) is 0 Å². The Morgan fingerprint density at radius 1 is 1.13 bits per heavy atom. The zero-order valence-corrected chi connectivity index (χ0v) is 17.4. The highest BCUT2D eigenvalue weighted by molar-refractivity contribution is 5.39. The van der Waals surface area contributed by atoms with E-state index < -0.39 is 5.92 Å². The van der Waals surface area contributed by atoms with E-state index in [0.29, 0.717) is 37.6 Å². The Morgan fingerprint density at radius 2 is 1.90 bits per heavy atom. The molecule has 0 aromatic carbocycles. The summed E-state index contributed by atoms with van der Waals surface area (Å²) >= 11 is 0. The molecule has 8 nitrogen and oxygen atoms in total. The Hall–Kier alpha value is -2.91. The average Bonchev–Trinajstić information content (AvgIpc) is 3.26.